The number of nitrogens with zero attached hydrogens (tertiary/aromatic N) is 1. The highest BCUT2D eigenvalue weighted by Crippen LogP contribution is 2.38. The van der Waals surface area contributed by atoms with E-state index in [9.17, 15) is 4.79 Å². The first-order valence-corrected chi connectivity index (χ1v) is 9.12. The summed E-state index contributed by atoms with van der Waals surface area (Å²) in [4.78, 5) is 16.7. The molecule has 132 valence electrons. The van der Waals surface area contributed by atoms with E-state index in [1.54, 1.807) is 0 Å². The van der Waals surface area contributed by atoms with Gasteiger partial charge in [0.2, 0.25) is 5.91 Å². The minimum absolute atomic E-state index is 0.0153. The van der Waals surface area contributed by atoms with Crippen LogP contribution in [-0.4, -0.2) is 23.5 Å². The predicted octanol–water partition coefficient (Wildman–Crippen LogP) is 3.91. The fourth-order valence-corrected chi connectivity index (χ4v) is 3.42. The Morgan fingerprint density at radius 3 is 2.80 bits per heavy atom. The summed E-state index contributed by atoms with van der Waals surface area (Å²) in [5.41, 5.74) is 4.31. The van der Waals surface area contributed by atoms with Crippen molar-refractivity contribution in [2.75, 3.05) is 6.54 Å². The Morgan fingerprint density at radius 2 is 2.08 bits per heavy atom. The molecule has 0 saturated heterocycles. The maximum atomic E-state index is 12.2. The summed E-state index contributed by atoms with van der Waals surface area (Å²) in [6.07, 6.45) is 4.36. The van der Waals surface area contributed by atoms with Crippen LogP contribution in [0.2, 0.25) is 0 Å². The average molecular weight is 338 g/mol. The van der Waals surface area contributed by atoms with Crippen LogP contribution in [0.5, 0.6) is 5.75 Å². The van der Waals surface area contributed by atoms with Crippen LogP contribution in [0.4, 0.5) is 0 Å². The van der Waals surface area contributed by atoms with Crippen molar-refractivity contribution < 1.29 is 9.53 Å². The number of aryl methyl sites for hydroxylation is 1. The molecule has 2 heterocycles. The van der Waals surface area contributed by atoms with Crippen molar-refractivity contribution in [3.05, 3.63) is 47.7 Å². The zero-order chi connectivity index (χ0) is 17.8. The normalized spacial score (nSPS) is 15.8. The third kappa shape index (κ3) is 3.68. The number of carbonyl (C=O) groups excluding carboxylic acids is 1. The number of para-hydroxylation sites is 1. The summed E-state index contributed by atoms with van der Waals surface area (Å²) in [5, 5.41) is 3.05. The van der Waals surface area contributed by atoms with E-state index in [1.807, 2.05) is 12.3 Å². The first-order chi connectivity index (χ1) is 12.1. The van der Waals surface area contributed by atoms with Gasteiger partial charge in [0.05, 0.1) is 12.2 Å². The largest absolute Gasteiger partial charge is 0.487 e. The van der Waals surface area contributed by atoms with Gasteiger partial charge in [-0.3, -0.25) is 9.78 Å². The number of pyridine rings is 1. The van der Waals surface area contributed by atoms with Gasteiger partial charge in [-0.1, -0.05) is 32.0 Å². The standard InChI is InChI=1S/C21H26N2O2/c1-4-15(5-2)21(24)23-13-17-12-16-9-6-10-18(20(16)25-17)19-14(3)8-7-11-22-19/h6-11,15,17H,4-5,12-13H2,1-3H3,(H,23,24). The lowest BCUT2D eigenvalue weighted by molar-refractivity contribution is -0.125. The number of fused-ring (bicyclic) bond motifs is 1. The molecule has 0 bridgehead atoms. The van der Waals surface area contributed by atoms with E-state index in [2.05, 4.69) is 55.3 Å². The Morgan fingerprint density at radius 1 is 1.28 bits per heavy atom. The SMILES string of the molecule is CCC(CC)C(=O)NCC1Cc2cccc(-c3ncccc3C)c2O1. The van der Waals surface area contributed by atoms with E-state index in [4.69, 9.17) is 4.74 Å². The number of hydrogen-bond donors (Lipinski definition) is 1. The highest BCUT2D eigenvalue weighted by atomic mass is 16.5. The van der Waals surface area contributed by atoms with Gasteiger partial charge in [0, 0.05) is 24.1 Å². The molecular weight excluding hydrogens is 312 g/mol. The number of benzene rings is 1. The number of ether oxygens (including phenoxy) is 1. The molecule has 0 spiro atoms. The highest BCUT2D eigenvalue weighted by Gasteiger charge is 2.27. The first kappa shape index (κ1) is 17.5. The van der Waals surface area contributed by atoms with Crippen LogP contribution in [-0.2, 0) is 11.2 Å². The molecule has 1 aliphatic rings. The van der Waals surface area contributed by atoms with Crippen LogP contribution in [0.1, 0.15) is 37.8 Å². The quantitative estimate of drug-likeness (QED) is 0.869. The van der Waals surface area contributed by atoms with Crippen LogP contribution in [0, 0.1) is 12.8 Å². The predicted molar refractivity (Wildman–Crippen MR) is 99.6 cm³/mol. The molecule has 2 aromatic rings. The third-order valence-corrected chi connectivity index (χ3v) is 4.95. The second-order valence-corrected chi connectivity index (χ2v) is 6.67. The molecule has 1 aromatic heterocycles. The van der Waals surface area contributed by atoms with Crippen molar-refractivity contribution in [2.45, 2.75) is 46.1 Å². The molecule has 1 amide bonds. The Kier molecular flexibility index (Phi) is 5.37. The number of carbonyl (C=O) groups is 1. The second kappa shape index (κ2) is 7.68. The van der Waals surface area contributed by atoms with Gasteiger partial charge < -0.3 is 10.1 Å². The third-order valence-electron chi connectivity index (χ3n) is 4.95. The Bertz CT molecular complexity index is 753. The number of rotatable bonds is 6. The molecule has 1 aromatic carbocycles. The fraction of sp³-hybridized carbons (Fsp3) is 0.429. The van der Waals surface area contributed by atoms with E-state index >= 15 is 0 Å². The van der Waals surface area contributed by atoms with Crippen LogP contribution >= 0.6 is 0 Å². The molecule has 1 N–H and O–H groups in total. The lowest BCUT2D eigenvalue weighted by atomic mass is 10.0. The van der Waals surface area contributed by atoms with E-state index in [1.165, 1.54) is 5.56 Å². The van der Waals surface area contributed by atoms with E-state index < -0.39 is 0 Å². The van der Waals surface area contributed by atoms with Crippen LogP contribution in [0.15, 0.2) is 36.5 Å². The molecule has 25 heavy (non-hydrogen) atoms. The minimum Gasteiger partial charge on any atom is -0.487 e. The molecule has 0 saturated carbocycles. The number of hydrogen-bond acceptors (Lipinski definition) is 3. The summed E-state index contributed by atoms with van der Waals surface area (Å²) < 4.78 is 6.19. The second-order valence-electron chi connectivity index (χ2n) is 6.67. The smallest absolute Gasteiger partial charge is 0.223 e. The molecular formula is C21H26N2O2. The summed E-state index contributed by atoms with van der Waals surface area (Å²) >= 11 is 0. The number of nitrogens with one attached hydrogen (secondary N) is 1. The molecule has 4 nitrogen and oxygen atoms in total. The fourth-order valence-electron chi connectivity index (χ4n) is 3.42. The van der Waals surface area contributed by atoms with Gasteiger partial charge in [-0.2, -0.15) is 0 Å². The van der Waals surface area contributed by atoms with Crippen molar-refractivity contribution in [3.63, 3.8) is 0 Å². The zero-order valence-electron chi connectivity index (χ0n) is 15.2. The van der Waals surface area contributed by atoms with Gasteiger partial charge >= 0.3 is 0 Å². The Hall–Kier alpha value is -2.36. The molecule has 1 aliphatic heterocycles. The maximum Gasteiger partial charge on any atom is 0.223 e. The monoisotopic (exact) mass is 338 g/mol. The summed E-state index contributed by atoms with van der Waals surface area (Å²) in [6.45, 7) is 6.71. The molecule has 4 heteroatoms. The average Bonchev–Trinajstić information content (AvgIpc) is 3.04. The van der Waals surface area contributed by atoms with Gasteiger partial charge in [0.25, 0.3) is 0 Å². The van der Waals surface area contributed by atoms with Crippen molar-refractivity contribution >= 4 is 5.91 Å². The highest BCUT2D eigenvalue weighted by molar-refractivity contribution is 5.78. The molecule has 1 atom stereocenters. The summed E-state index contributed by atoms with van der Waals surface area (Å²) in [5.74, 6) is 1.13. The topological polar surface area (TPSA) is 51.2 Å². The Labute approximate surface area is 149 Å². The van der Waals surface area contributed by atoms with Gasteiger partial charge in [-0.25, -0.2) is 0 Å². The van der Waals surface area contributed by atoms with Crippen molar-refractivity contribution in [1.29, 1.82) is 0 Å². The lowest BCUT2D eigenvalue weighted by Gasteiger charge is -2.16. The zero-order valence-corrected chi connectivity index (χ0v) is 15.2. The van der Waals surface area contributed by atoms with Gasteiger partial charge in [0.1, 0.15) is 11.9 Å². The molecule has 0 aliphatic carbocycles. The first-order valence-electron chi connectivity index (χ1n) is 9.12. The van der Waals surface area contributed by atoms with Gasteiger partial charge in [-0.15, -0.1) is 0 Å². The van der Waals surface area contributed by atoms with Crippen LogP contribution < -0.4 is 10.1 Å². The maximum absolute atomic E-state index is 12.2. The Balaban J connectivity index is 1.72. The van der Waals surface area contributed by atoms with Crippen molar-refractivity contribution in [3.8, 4) is 17.0 Å². The summed E-state index contributed by atoms with van der Waals surface area (Å²) in [6, 6.07) is 10.2. The van der Waals surface area contributed by atoms with Crippen molar-refractivity contribution in [2.24, 2.45) is 5.92 Å². The van der Waals surface area contributed by atoms with E-state index in [0.717, 1.165) is 41.8 Å². The number of amides is 1. The van der Waals surface area contributed by atoms with Crippen LogP contribution in [0.3, 0.4) is 0 Å². The van der Waals surface area contributed by atoms with Gasteiger partial charge in [-0.05, 0) is 43.0 Å². The van der Waals surface area contributed by atoms with Crippen molar-refractivity contribution in [1.82, 2.24) is 10.3 Å². The molecule has 3 rings (SSSR count). The van der Waals surface area contributed by atoms with Crippen LogP contribution in [0.25, 0.3) is 11.3 Å². The van der Waals surface area contributed by atoms with E-state index in [0.29, 0.717) is 6.54 Å². The van der Waals surface area contributed by atoms with E-state index in [-0.39, 0.29) is 17.9 Å². The molecule has 1 unspecified atom stereocenters. The number of aromatic nitrogens is 1. The lowest BCUT2D eigenvalue weighted by Crippen LogP contribution is -2.37. The summed E-state index contributed by atoms with van der Waals surface area (Å²) in [7, 11) is 0. The minimum atomic E-state index is -0.0153. The molecule has 0 radical (unpaired) electrons. The molecule has 0 fully saturated rings. The van der Waals surface area contributed by atoms with Gasteiger partial charge in [0.15, 0.2) is 0 Å².